The zero-order chi connectivity index (χ0) is 25.1. The van der Waals surface area contributed by atoms with Crippen molar-refractivity contribution in [2.45, 2.75) is 31.1 Å². The van der Waals surface area contributed by atoms with Crippen LogP contribution in [0.4, 0.5) is 5.69 Å². The van der Waals surface area contributed by atoms with Crippen LogP contribution in [0.5, 0.6) is 5.75 Å². The van der Waals surface area contributed by atoms with Gasteiger partial charge in [0.15, 0.2) is 0 Å². The number of Topliss-reactive ketones (excluding diaryl/α,β-unsaturated/α-hetero) is 2. The smallest absolute Gasteiger partial charge is 0.293 e. The minimum absolute atomic E-state index is 0.0708. The van der Waals surface area contributed by atoms with Gasteiger partial charge in [-0.25, -0.2) is 0 Å². The minimum Gasteiger partial charge on any atom is -0.454 e. The first kappa shape index (κ1) is 22.4. The van der Waals surface area contributed by atoms with Crippen molar-refractivity contribution in [2.75, 3.05) is 0 Å². The number of aliphatic hydroxyl groups is 1. The fraction of sp³-hybridized carbons (Fsp3) is 0.192. The Hall–Kier alpha value is -4.37. The Labute approximate surface area is 199 Å². The average Bonchev–Trinajstić information content (AvgIpc) is 3.20. The number of hydrogen-bond donors (Lipinski definition) is 2. The van der Waals surface area contributed by atoms with E-state index in [0.29, 0.717) is 0 Å². The number of rotatable bonds is 5. The van der Waals surface area contributed by atoms with Crippen LogP contribution in [0.3, 0.4) is 0 Å². The van der Waals surface area contributed by atoms with E-state index in [-0.39, 0.29) is 33.9 Å². The highest BCUT2D eigenvalue weighted by Crippen LogP contribution is 2.60. The van der Waals surface area contributed by atoms with E-state index in [2.05, 4.69) is 5.32 Å². The van der Waals surface area contributed by atoms with Crippen LogP contribution < -0.4 is 10.1 Å². The van der Waals surface area contributed by atoms with Crippen molar-refractivity contribution in [3.63, 3.8) is 0 Å². The van der Waals surface area contributed by atoms with Crippen molar-refractivity contribution in [2.24, 2.45) is 0 Å². The number of nitrogens with zero attached hydrogens (tertiary/aromatic N) is 1. The van der Waals surface area contributed by atoms with Gasteiger partial charge in [0.05, 0.1) is 4.92 Å². The van der Waals surface area contributed by atoms with Gasteiger partial charge >= 0.3 is 0 Å². The molecule has 0 spiro atoms. The van der Waals surface area contributed by atoms with Crippen LogP contribution in [0.25, 0.3) is 0 Å². The maximum atomic E-state index is 13.9. The molecule has 0 radical (unpaired) electrons. The predicted octanol–water partition coefficient (Wildman–Crippen LogP) is 3.35. The Morgan fingerprint density at radius 2 is 1.77 bits per heavy atom. The van der Waals surface area contributed by atoms with E-state index in [4.69, 9.17) is 4.74 Å². The van der Waals surface area contributed by atoms with Crippen LogP contribution >= 0.6 is 0 Å². The summed E-state index contributed by atoms with van der Waals surface area (Å²) in [6.07, 6.45) is 0. The highest BCUT2D eigenvalue weighted by molar-refractivity contribution is 6.43. The van der Waals surface area contributed by atoms with Gasteiger partial charge in [-0.2, -0.15) is 0 Å². The molecule has 1 heterocycles. The molecule has 176 valence electrons. The van der Waals surface area contributed by atoms with Crippen LogP contribution in [0.15, 0.2) is 66.7 Å². The number of nitro benzene ring substituents is 1. The molecular weight excluding hydrogens is 452 g/mol. The second kappa shape index (κ2) is 7.57. The first-order chi connectivity index (χ1) is 16.6. The van der Waals surface area contributed by atoms with E-state index in [1.165, 1.54) is 30.3 Å². The van der Waals surface area contributed by atoms with Crippen molar-refractivity contribution < 1.29 is 29.2 Å². The number of amides is 1. The zero-order valence-corrected chi connectivity index (χ0v) is 18.8. The molecule has 2 N–H and O–H groups in total. The van der Waals surface area contributed by atoms with Gasteiger partial charge in [0.1, 0.15) is 11.3 Å². The SMILES string of the molecule is CC(C)c1ccc2c(c1)OC1(O)c3c(cccc3[N+](=O)[O-])C(=O)C21NC(=O)C(=O)c1ccccc1. The molecule has 2 aliphatic rings. The molecule has 0 saturated heterocycles. The van der Waals surface area contributed by atoms with Gasteiger partial charge in [-0.1, -0.05) is 68.4 Å². The molecule has 0 fully saturated rings. The molecule has 1 aliphatic heterocycles. The lowest BCUT2D eigenvalue weighted by molar-refractivity contribution is -0.388. The second-order valence-electron chi connectivity index (χ2n) is 8.84. The highest BCUT2D eigenvalue weighted by Gasteiger charge is 2.73. The van der Waals surface area contributed by atoms with Crippen molar-refractivity contribution in [3.8, 4) is 5.75 Å². The molecule has 9 nitrogen and oxygen atoms in total. The Morgan fingerprint density at radius 1 is 1.06 bits per heavy atom. The quantitative estimate of drug-likeness (QED) is 0.252. The molecule has 3 aromatic carbocycles. The number of fused-ring (bicyclic) bond motifs is 5. The van der Waals surface area contributed by atoms with Gasteiger partial charge in [0.2, 0.25) is 17.1 Å². The largest absolute Gasteiger partial charge is 0.454 e. The van der Waals surface area contributed by atoms with Gasteiger partial charge in [0, 0.05) is 22.8 Å². The maximum Gasteiger partial charge on any atom is 0.293 e. The first-order valence-electron chi connectivity index (χ1n) is 10.9. The third-order valence-corrected chi connectivity index (χ3v) is 6.55. The van der Waals surface area contributed by atoms with Crippen molar-refractivity contribution in [1.82, 2.24) is 5.32 Å². The molecule has 2 unspecified atom stereocenters. The summed E-state index contributed by atoms with van der Waals surface area (Å²) >= 11 is 0. The molecule has 9 heteroatoms. The number of carbonyl (C=O) groups is 3. The second-order valence-corrected chi connectivity index (χ2v) is 8.84. The number of benzene rings is 3. The van der Waals surface area contributed by atoms with Crippen LogP contribution in [-0.2, 0) is 16.1 Å². The van der Waals surface area contributed by atoms with E-state index >= 15 is 0 Å². The van der Waals surface area contributed by atoms with E-state index in [0.717, 1.165) is 11.6 Å². The fourth-order valence-electron chi connectivity index (χ4n) is 4.82. The summed E-state index contributed by atoms with van der Waals surface area (Å²) in [5.41, 5.74) is -2.38. The third-order valence-electron chi connectivity index (χ3n) is 6.55. The Kier molecular flexibility index (Phi) is 4.85. The molecule has 5 rings (SSSR count). The standard InChI is InChI=1S/C26H20N2O7/c1-14(2)16-11-12-18-20(13-16)35-26(32)21-17(9-6-10-19(21)28(33)34)23(30)25(18,26)27-24(31)22(29)15-7-4-3-5-8-15/h3-14,32H,1-2H3,(H,27,31). The summed E-state index contributed by atoms with van der Waals surface area (Å²) < 4.78 is 5.89. The zero-order valence-electron chi connectivity index (χ0n) is 18.8. The lowest BCUT2D eigenvalue weighted by Crippen LogP contribution is -2.61. The van der Waals surface area contributed by atoms with Gasteiger partial charge < -0.3 is 15.2 Å². The monoisotopic (exact) mass is 472 g/mol. The van der Waals surface area contributed by atoms with E-state index < -0.39 is 39.4 Å². The highest BCUT2D eigenvalue weighted by atomic mass is 16.6. The number of ether oxygens (including phenoxy) is 1. The Morgan fingerprint density at radius 3 is 2.43 bits per heavy atom. The molecule has 35 heavy (non-hydrogen) atoms. The summed E-state index contributed by atoms with van der Waals surface area (Å²) in [4.78, 5) is 51.0. The van der Waals surface area contributed by atoms with Crippen LogP contribution in [-0.4, -0.2) is 27.5 Å². The number of nitro groups is 1. The first-order valence-corrected chi connectivity index (χ1v) is 10.9. The maximum absolute atomic E-state index is 13.9. The Bertz CT molecular complexity index is 1430. The van der Waals surface area contributed by atoms with Crippen LogP contribution in [0, 0.1) is 10.1 Å². The molecule has 2 atom stereocenters. The van der Waals surface area contributed by atoms with E-state index in [1.54, 1.807) is 30.3 Å². The lowest BCUT2D eigenvalue weighted by Gasteiger charge is -2.33. The molecule has 0 aromatic heterocycles. The topological polar surface area (TPSA) is 136 Å². The summed E-state index contributed by atoms with van der Waals surface area (Å²) in [6.45, 7) is 3.88. The molecule has 1 aliphatic carbocycles. The molecule has 0 saturated carbocycles. The van der Waals surface area contributed by atoms with Gasteiger partial charge in [-0.15, -0.1) is 0 Å². The fourth-order valence-corrected chi connectivity index (χ4v) is 4.82. The van der Waals surface area contributed by atoms with Crippen molar-refractivity contribution >= 4 is 23.2 Å². The molecule has 3 aromatic rings. The van der Waals surface area contributed by atoms with Gasteiger partial charge in [-0.05, 0) is 17.5 Å². The van der Waals surface area contributed by atoms with E-state index in [9.17, 15) is 29.6 Å². The number of carbonyl (C=O) groups excluding carboxylic acids is 3. The van der Waals surface area contributed by atoms with Gasteiger partial charge in [0.25, 0.3) is 17.4 Å². The average molecular weight is 472 g/mol. The minimum atomic E-state index is -2.65. The molecule has 0 bridgehead atoms. The lowest BCUT2D eigenvalue weighted by atomic mass is 9.82. The molecule has 1 amide bonds. The summed E-state index contributed by atoms with van der Waals surface area (Å²) in [6, 6.07) is 16.4. The Balaban J connectivity index is 1.73. The van der Waals surface area contributed by atoms with Crippen molar-refractivity contribution in [1.29, 1.82) is 0 Å². The van der Waals surface area contributed by atoms with Crippen LogP contribution in [0.1, 0.15) is 57.2 Å². The van der Waals surface area contributed by atoms with Crippen LogP contribution in [0.2, 0.25) is 0 Å². The summed E-state index contributed by atoms with van der Waals surface area (Å²) in [7, 11) is 0. The van der Waals surface area contributed by atoms with Gasteiger partial charge in [-0.3, -0.25) is 24.5 Å². The van der Waals surface area contributed by atoms with Crippen molar-refractivity contribution in [3.05, 3.63) is 105 Å². The normalized spacial score (nSPS) is 21.7. The summed E-state index contributed by atoms with van der Waals surface area (Å²) in [5.74, 6) is -5.40. The summed E-state index contributed by atoms with van der Waals surface area (Å²) in [5, 5.41) is 26.2. The molecular formula is C26H20N2O7. The predicted molar refractivity (Wildman–Crippen MR) is 123 cm³/mol. The number of nitrogens with one attached hydrogen (secondary N) is 1. The third kappa shape index (κ3) is 2.95. The number of hydrogen-bond acceptors (Lipinski definition) is 7. The van der Waals surface area contributed by atoms with E-state index in [1.807, 2.05) is 13.8 Å². The number of ketones is 2.